The molecule has 2 aromatic rings. The Bertz CT molecular complexity index is 704. The summed E-state index contributed by atoms with van der Waals surface area (Å²) in [4.78, 5) is 29.0. The van der Waals surface area contributed by atoms with Crippen LogP contribution >= 0.6 is 0 Å². The van der Waals surface area contributed by atoms with Gasteiger partial charge in [-0.25, -0.2) is 0 Å². The lowest BCUT2D eigenvalue weighted by Gasteiger charge is -2.17. The van der Waals surface area contributed by atoms with E-state index >= 15 is 0 Å². The average molecular weight is 315 g/mol. The number of aromatic amines is 1. The molecule has 1 fully saturated rings. The van der Waals surface area contributed by atoms with Crippen LogP contribution in [0.4, 0.5) is 0 Å². The van der Waals surface area contributed by atoms with Crippen molar-refractivity contribution in [2.75, 3.05) is 26.7 Å². The number of amides is 2. The number of hydrogen-bond acceptors (Lipinski definition) is 3. The lowest BCUT2D eigenvalue weighted by atomic mass is 10.1. The Morgan fingerprint density at radius 2 is 2.22 bits per heavy atom. The van der Waals surface area contributed by atoms with Gasteiger partial charge in [0.25, 0.3) is 5.91 Å². The molecule has 2 heterocycles. The summed E-state index contributed by atoms with van der Waals surface area (Å²) < 4.78 is 5.46. The van der Waals surface area contributed by atoms with Gasteiger partial charge in [-0.2, -0.15) is 0 Å². The maximum atomic E-state index is 12.5. The molecule has 0 bridgehead atoms. The highest BCUT2D eigenvalue weighted by molar-refractivity contribution is 6.07. The summed E-state index contributed by atoms with van der Waals surface area (Å²) in [7, 11) is 1.63. The van der Waals surface area contributed by atoms with Gasteiger partial charge in [0.15, 0.2) is 0 Å². The molecule has 0 saturated carbocycles. The van der Waals surface area contributed by atoms with Crippen molar-refractivity contribution in [3.63, 3.8) is 0 Å². The average Bonchev–Trinajstić information content (AvgIpc) is 3.21. The summed E-state index contributed by atoms with van der Waals surface area (Å²) in [5.74, 6) is -0.342. The number of fused-ring (bicyclic) bond motifs is 1. The van der Waals surface area contributed by atoms with Gasteiger partial charge >= 0.3 is 0 Å². The van der Waals surface area contributed by atoms with E-state index in [0.29, 0.717) is 12.1 Å². The maximum absolute atomic E-state index is 12.5. The van der Waals surface area contributed by atoms with Gasteiger partial charge in [0.2, 0.25) is 5.91 Å². The van der Waals surface area contributed by atoms with E-state index in [0.717, 1.165) is 30.4 Å². The highest BCUT2D eigenvalue weighted by atomic mass is 16.5. The first-order valence-corrected chi connectivity index (χ1v) is 7.85. The zero-order chi connectivity index (χ0) is 16.2. The maximum Gasteiger partial charge on any atom is 0.256 e. The molecular weight excluding hydrogens is 294 g/mol. The minimum Gasteiger partial charge on any atom is -0.376 e. The molecule has 23 heavy (non-hydrogen) atoms. The number of H-pyrrole nitrogens is 1. The molecule has 0 spiro atoms. The quantitative estimate of drug-likeness (QED) is 0.879. The largest absolute Gasteiger partial charge is 0.376 e. The van der Waals surface area contributed by atoms with Gasteiger partial charge in [-0.05, 0) is 18.9 Å². The van der Waals surface area contributed by atoms with Crippen LogP contribution in [0.25, 0.3) is 10.9 Å². The van der Waals surface area contributed by atoms with Gasteiger partial charge in [-0.3, -0.25) is 9.59 Å². The van der Waals surface area contributed by atoms with E-state index in [2.05, 4.69) is 10.3 Å². The molecule has 1 aliphatic heterocycles. The van der Waals surface area contributed by atoms with E-state index in [4.69, 9.17) is 4.74 Å². The second-order valence-corrected chi connectivity index (χ2v) is 5.85. The van der Waals surface area contributed by atoms with Crippen LogP contribution in [-0.2, 0) is 9.53 Å². The third kappa shape index (κ3) is 3.53. The normalized spacial score (nSPS) is 17.3. The first kappa shape index (κ1) is 15.6. The van der Waals surface area contributed by atoms with Crippen molar-refractivity contribution in [3.05, 3.63) is 36.0 Å². The molecule has 1 aromatic heterocycles. The number of nitrogens with zero attached hydrogens (tertiary/aromatic N) is 1. The zero-order valence-corrected chi connectivity index (χ0v) is 13.2. The summed E-state index contributed by atoms with van der Waals surface area (Å²) in [5.41, 5.74) is 1.49. The standard InChI is InChI=1S/C17H21N3O3/c1-20(11-16(21)19-9-12-5-4-8-23-12)17(22)14-10-18-15-7-3-2-6-13(14)15/h2-3,6-7,10,12,18H,4-5,8-9,11H2,1H3,(H,19,21). The molecule has 6 nitrogen and oxygen atoms in total. The number of carbonyl (C=O) groups excluding carboxylic acids is 2. The number of carbonyl (C=O) groups is 2. The van der Waals surface area contributed by atoms with Crippen LogP contribution in [0.3, 0.4) is 0 Å². The molecule has 6 heteroatoms. The van der Waals surface area contributed by atoms with Crippen LogP contribution in [0.5, 0.6) is 0 Å². The lowest BCUT2D eigenvalue weighted by Crippen LogP contribution is -2.40. The first-order valence-electron chi connectivity index (χ1n) is 7.85. The van der Waals surface area contributed by atoms with E-state index < -0.39 is 0 Å². The first-order chi connectivity index (χ1) is 11.1. The second-order valence-electron chi connectivity index (χ2n) is 5.85. The van der Waals surface area contributed by atoms with Gasteiger partial charge < -0.3 is 19.9 Å². The van der Waals surface area contributed by atoms with Crippen LogP contribution in [0, 0.1) is 0 Å². The Morgan fingerprint density at radius 1 is 1.39 bits per heavy atom. The van der Waals surface area contributed by atoms with Crippen molar-refractivity contribution in [1.29, 1.82) is 0 Å². The van der Waals surface area contributed by atoms with Gasteiger partial charge in [-0.15, -0.1) is 0 Å². The Morgan fingerprint density at radius 3 is 3.00 bits per heavy atom. The van der Waals surface area contributed by atoms with E-state index in [1.165, 1.54) is 4.90 Å². The van der Waals surface area contributed by atoms with Crippen molar-refractivity contribution in [2.45, 2.75) is 18.9 Å². The molecule has 1 aliphatic rings. The molecule has 1 saturated heterocycles. The van der Waals surface area contributed by atoms with Crippen LogP contribution in [0.1, 0.15) is 23.2 Å². The third-order valence-corrected chi connectivity index (χ3v) is 4.10. The molecule has 1 atom stereocenters. The van der Waals surface area contributed by atoms with Gasteiger partial charge in [0.1, 0.15) is 0 Å². The molecular formula is C17H21N3O3. The number of hydrogen-bond donors (Lipinski definition) is 2. The molecule has 3 rings (SSSR count). The summed E-state index contributed by atoms with van der Waals surface area (Å²) in [6.07, 6.45) is 3.81. The molecule has 2 amide bonds. The highest BCUT2D eigenvalue weighted by Crippen LogP contribution is 2.18. The molecule has 1 unspecified atom stereocenters. The predicted octanol–water partition coefficient (Wildman–Crippen LogP) is 1.54. The Kier molecular flexibility index (Phi) is 4.62. The fourth-order valence-corrected chi connectivity index (χ4v) is 2.83. The molecule has 0 aliphatic carbocycles. The fourth-order valence-electron chi connectivity index (χ4n) is 2.83. The minimum absolute atomic E-state index is 0.0328. The Labute approximate surface area is 134 Å². The number of aromatic nitrogens is 1. The van der Waals surface area contributed by atoms with Crippen molar-refractivity contribution in [2.24, 2.45) is 0 Å². The van der Waals surface area contributed by atoms with E-state index in [9.17, 15) is 9.59 Å². The zero-order valence-electron chi connectivity index (χ0n) is 13.2. The molecule has 1 aromatic carbocycles. The topological polar surface area (TPSA) is 74.4 Å². The number of rotatable bonds is 5. The predicted molar refractivity (Wildman–Crippen MR) is 87.2 cm³/mol. The highest BCUT2D eigenvalue weighted by Gasteiger charge is 2.20. The van der Waals surface area contributed by atoms with Crippen molar-refractivity contribution in [1.82, 2.24) is 15.2 Å². The van der Waals surface area contributed by atoms with Crippen molar-refractivity contribution < 1.29 is 14.3 Å². The van der Waals surface area contributed by atoms with Crippen molar-refractivity contribution in [3.8, 4) is 0 Å². The molecule has 0 radical (unpaired) electrons. The molecule has 2 N–H and O–H groups in total. The minimum atomic E-state index is -0.172. The number of likely N-dealkylation sites (N-methyl/N-ethyl adjacent to an activating group) is 1. The SMILES string of the molecule is CN(CC(=O)NCC1CCCO1)C(=O)c1c[nH]c2ccccc12. The van der Waals surface area contributed by atoms with Crippen LogP contribution in [0.15, 0.2) is 30.5 Å². The van der Waals surface area contributed by atoms with Crippen LogP contribution < -0.4 is 5.32 Å². The Hall–Kier alpha value is -2.34. The fraction of sp³-hybridized carbons (Fsp3) is 0.412. The summed E-state index contributed by atoms with van der Waals surface area (Å²) in [5, 5.41) is 3.69. The number of para-hydroxylation sites is 1. The van der Waals surface area contributed by atoms with Crippen molar-refractivity contribution >= 4 is 22.7 Å². The Balaban J connectivity index is 1.57. The number of benzene rings is 1. The monoisotopic (exact) mass is 315 g/mol. The van der Waals surface area contributed by atoms with E-state index in [1.54, 1.807) is 13.2 Å². The smallest absolute Gasteiger partial charge is 0.256 e. The van der Waals surface area contributed by atoms with Crippen LogP contribution in [-0.4, -0.2) is 54.5 Å². The van der Waals surface area contributed by atoms with Gasteiger partial charge in [0.05, 0.1) is 18.2 Å². The number of ether oxygens (including phenoxy) is 1. The lowest BCUT2D eigenvalue weighted by molar-refractivity contribution is -0.122. The van der Waals surface area contributed by atoms with E-state index in [-0.39, 0.29) is 24.5 Å². The molecule has 122 valence electrons. The van der Waals surface area contributed by atoms with Gasteiger partial charge in [0, 0.05) is 37.3 Å². The van der Waals surface area contributed by atoms with E-state index in [1.807, 2.05) is 24.3 Å². The third-order valence-electron chi connectivity index (χ3n) is 4.10. The summed E-state index contributed by atoms with van der Waals surface area (Å²) in [6.45, 7) is 1.30. The second kappa shape index (κ2) is 6.83. The summed E-state index contributed by atoms with van der Waals surface area (Å²) >= 11 is 0. The number of nitrogens with one attached hydrogen (secondary N) is 2. The van der Waals surface area contributed by atoms with Crippen LogP contribution in [0.2, 0.25) is 0 Å². The van der Waals surface area contributed by atoms with Gasteiger partial charge in [-0.1, -0.05) is 18.2 Å². The summed E-state index contributed by atoms with van der Waals surface area (Å²) in [6, 6.07) is 7.61.